The first-order valence-electron chi connectivity index (χ1n) is 15.2. The molecule has 12 nitrogen and oxygen atoms in total. The van der Waals surface area contributed by atoms with Gasteiger partial charge in [0.15, 0.2) is 0 Å². The van der Waals surface area contributed by atoms with Crippen molar-refractivity contribution in [1.82, 2.24) is 43.4 Å². The molecule has 0 aliphatic carbocycles. The minimum atomic E-state index is -0.133. The molecule has 1 aromatic carbocycles. The van der Waals surface area contributed by atoms with E-state index < -0.39 is 0 Å². The predicted octanol–water partition coefficient (Wildman–Crippen LogP) is 3.09. The molecule has 1 unspecified atom stereocenters. The molecule has 0 spiro atoms. The van der Waals surface area contributed by atoms with Gasteiger partial charge < -0.3 is 24.1 Å². The van der Waals surface area contributed by atoms with Crippen LogP contribution in [-0.4, -0.2) is 96.4 Å². The summed E-state index contributed by atoms with van der Waals surface area (Å²) in [6, 6.07) is 10.4. The van der Waals surface area contributed by atoms with Crippen LogP contribution in [0.25, 0.3) is 33.8 Å². The van der Waals surface area contributed by atoms with E-state index in [0.717, 1.165) is 48.6 Å². The average molecular weight is 595 g/mol. The van der Waals surface area contributed by atoms with E-state index in [-0.39, 0.29) is 5.56 Å². The van der Waals surface area contributed by atoms with E-state index in [2.05, 4.69) is 56.4 Å². The van der Waals surface area contributed by atoms with E-state index in [0.29, 0.717) is 55.2 Å². The molecule has 5 aromatic rings. The predicted molar refractivity (Wildman–Crippen MR) is 170 cm³/mol. The minimum Gasteiger partial charge on any atom is -0.379 e. The molecular formula is C32H38N10O2. The third-order valence-corrected chi connectivity index (χ3v) is 8.80. The fraction of sp³-hybridized carbons (Fsp3) is 0.406. The number of ether oxygens (including phenoxy) is 1. The van der Waals surface area contributed by atoms with Gasteiger partial charge in [-0.15, -0.1) is 0 Å². The Morgan fingerprint density at radius 3 is 2.52 bits per heavy atom. The number of imidazole rings is 2. The second-order valence-corrected chi connectivity index (χ2v) is 11.9. The summed E-state index contributed by atoms with van der Waals surface area (Å²) >= 11 is 0. The zero-order valence-corrected chi connectivity index (χ0v) is 25.5. The summed E-state index contributed by atoms with van der Waals surface area (Å²) in [6.45, 7) is 6.52. The smallest absolute Gasteiger partial charge is 0.263 e. The van der Waals surface area contributed by atoms with Crippen molar-refractivity contribution in [3.05, 3.63) is 71.2 Å². The maximum atomic E-state index is 14.2. The van der Waals surface area contributed by atoms with Gasteiger partial charge >= 0.3 is 0 Å². The van der Waals surface area contributed by atoms with Gasteiger partial charge in [-0.1, -0.05) is 12.1 Å². The van der Waals surface area contributed by atoms with Crippen LogP contribution in [0.5, 0.6) is 0 Å². The largest absolute Gasteiger partial charge is 0.379 e. The van der Waals surface area contributed by atoms with E-state index in [1.165, 1.54) is 12.0 Å². The summed E-state index contributed by atoms with van der Waals surface area (Å²) in [5.74, 6) is 1.61. The van der Waals surface area contributed by atoms with Crippen molar-refractivity contribution in [2.45, 2.75) is 18.9 Å². The van der Waals surface area contributed by atoms with E-state index in [1.807, 2.05) is 35.5 Å². The summed E-state index contributed by atoms with van der Waals surface area (Å²) in [4.78, 5) is 37.5. The summed E-state index contributed by atoms with van der Waals surface area (Å²) in [7, 11) is 6.01. The first-order valence-corrected chi connectivity index (χ1v) is 15.2. The summed E-state index contributed by atoms with van der Waals surface area (Å²) in [5, 5.41) is 4.13. The van der Waals surface area contributed by atoms with Gasteiger partial charge in [0.1, 0.15) is 17.2 Å². The number of anilines is 2. The van der Waals surface area contributed by atoms with Gasteiger partial charge in [0.25, 0.3) is 5.56 Å². The standard InChI is InChI=1S/C32H38N10O2/c1-38-9-8-23(19-38)22-4-6-25(7-5-22)35-32-34-17-24-16-26(30-36-27(20-39(30)2)28-18-33-21-40(28)3)31(43)42(29(24)37-32)11-10-41-12-14-44-15-13-41/h4-7,16-18,20-21,23H,8-15,19H2,1-3H3,(H,34,35,37). The third-order valence-electron chi connectivity index (χ3n) is 8.80. The van der Waals surface area contributed by atoms with E-state index in [9.17, 15) is 4.79 Å². The molecule has 12 heteroatoms. The highest BCUT2D eigenvalue weighted by Gasteiger charge is 2.22. The maximum Gasteiger partial charge on any atom is 0.263 e. The summed E-state index contributed by atoms with van der Waals surface area (Å²) < 4.78 is 11.1. The number of nitrogens with zero attached hydrogens (tertiary/aromatic N) is 9. The molecule has 0 amide bonds. The van der Waals surface area contributed by atoms with Crippen molar-refractivity contribution in [1.29, 1.82) is 0 Å². The quantitative estimate of drug-likeness (QED) is 0.290. The zero-order valence-electron chi connectivity index (χ0n) is 25.5. The first kappa shape index (κ1) is 28.4. The molecule has 0 saturated carbocycles. The number of likely N-dealkylation sites (tertiary alicyclic amines) is 1. The highest BCUT2D eigenvalue weighted by Crippen LogP contribution is 2.28. The van der Waals surface area contributed by atoms with Crippen molar-refractivity contribution >= 4 is 22.7 Å². The Labute approximate surface area is 256 Å². The number of likely N-dealkylation sites (N-methyl/N-ethyl adjacent to an activating group) is 1. The first-order chi connectivity index (χ1) is 21.4. The molecule has 44 heavy (non-hydrogen) atoms. The van der Waals surface area contributed by atoms with Gasteiger partial charge in [-0.3, -0.25) is 14.3 Å². The molecule has 6 heterocycles. The van der Waals surface area contributed by atoms with Crippen molar-refractivity contribution in [2.75, 3.05) is 58.3 Å². The van der Waals surface area contributed by atoms with Crippen molar-refractivity contribution < 1.29 is 4.74 Å². The van der Waals surface area contributed by atoms with Crippen LogP contribution >= 0.6 is 0 Å². The van der Waals surface area contributed by atoms with E-state index in [4.69, 9.17) is 14.7 Å². The van der Waals surface area contributed by atoms with Crippen molar-refractivity contribution in [3.63, 3.8) is 0 Å². The van der Waals surface area contributed by atoms with Crippen LogP contribution < -0.4 is 10.9 Å². The van der Waals surface area contributed by atoms with E-state index >= 15 is 0 Å². The highest BCUT2D eigenvalue weighted by molar-refractivity contribution is 5.81. The summed E-state index contributed by atoms with van der Waals surface area (Å²) in [6.07, 6.45) is 8.41. The Bertz CT molecular complexity index is 1830. The second kappa shape index (κ2) is 11.9. The Morgan fingerprint density at radius 2 is 1.80 bits per heavy atom. The number of hydrogen-bond acceptors (Lipinski definition) is 9. The SMILES string of the molecule is CN1CCC(c2ccc(Nc3ncc4cc(-c5nc(-c6cncn6C)cn5C)c(=O)n(CCN5CCOCC5)c4n3)cc2)C1. The lowest BCUT2D eigenvalue weighted by atomic mass is 9.98. The monoisotopic (exact) mass is 594 g/mol. The summed E-state index contributed by atoms with van der Waals surface area (Å²) in [5.41, 5.74) is 4.86. The number of morpholine rings is 1. The second-order valence-electron chi connectivity index (χ2n) is 11.9. The van der Waals surface area contributed by atoms with Gasteiger partial charge in [0.2, 0.25) is 5.95 Å². The topological polar surface area (TPSA) is 111 Å². The number of benzene rings is 1. The fourth-order valence-electron chi connectivity index (χ4n) is 6.27. The molecule has 2 aliphatic rings. The van der Waals surface area contributed by atoms with Crippen LogP contribution in [0.3, 0.4) is 0 Å². The van der Waals surface area contributed by atoms with Gasteiger partial charge in [0.05, 0.1) is 37.0 Å². The molecular weight excluding hydrogens is 556 g/mol. The van der Waals surface area contributed by atoms with Crippen LogP contribution in [0.2, 0.25) is 0 Å². The number of aryl methyl sites for hydroxylation is 2. The molecule has 1 atom stereocenters. The number of hydrogen-bond donors (Lipinski definition) is 1. The molecule has 1 N–H and O–H groups in total. The Kier molecular flexibility index (Phi) is 7.71. The molecule has 0 radical (unpaired) electrons. The van der Waals surface area contributed by atoms with Gasteiger partial charge in [-0.25, -0.2) is 15.0 Å². The van der Waals surface area contributed by atoms with Gasteiger partial charge in [0, 0.05) is 70.3 Å². The molecule has 7 rings (SSSR count). The van der Waals surface area contributed by atoms with Crippen LogP contribution in [0, 0.1) is 0 Å². The van der Waals surface area contributed by atoms with Crippen LogP contribution in [0.15, 0.2) is 60.0 Å². The Hall–Kier alpha value is -4.39. The average Bonchev–Trinajstić information content (AvgIpc) is 3.77. The van der Waals surface area contributed by atoms with Crippen LogP contribution in [0.4, 0.5) is 11.6 Å². The van der Waals surface area contributed by atoms with Crippen molar-refractivity contribution in [3.8, 4) is 22.8 Å². The van der Waals surface area contributed by atoms with Crippen molar-refractivity contribution in [2.24, 2.45) is 14.1 Å². The number of aromatic nitrogens is 7. The third kappa shape index (κ3) is 5.63. The number of pyridine rings is 1. The molecule has 2 saturated heterocycles. The highest BCUT2D eigenvalue weighted by atomic mass is 16.5. The van der Waals surface area contributed by atoms with Gasteiger partial charge in [-0.05, 0) is 49.7 Å². The Morgan fingerprint density at radius 1 is 0.977 bits per heavy atom. The normalized spacial score (nSPS) is 17.9. The zero-order chi connectivity index (χ0) is 30.2. The minimum absolute atomic E-state index is 0.133. The number of fused-ring (bicyclic) bond motifs is 1. The molecule has 2 fully saturated rings. The number of rotatable bonds is 8. The van der Waals surface area contributed by atoms with Crippen LogP contribution in [-0.2, 0) is 25.4 Å². The molecule has 228 valence electrons. The Balaban J connectivity index is 1.23. The lowest BCUT2D eigenvalue weighted by molar-refractivity contribution is 0.0364. The van der Waals surface area contributed by atoms with Crippen LogP contribution in [0.1, 0.15) is 17.9 Å². The molecule has 4 aromatic heterocycles. The lowest BCUT2D eigenvalue weighted by Gasteiger charge is -2.27. The lowest BCUT2D eigenvalue weighted by Crippen LogP contribution is -2.39. The molecule has 0 bridgehead atoms. The van der Waals surface area contributed by atoms with E-state index in [1.54, 1.807) is 23.3 Å². The van der Waals surface area contributed by atoms with Gasteiger partial charge in [-0.2, -0.15) is 4.98 Å². The fourth-order valence-corrected chi connectivity index (χ4v) is 6.27. The molecule has 2 aliphatic heterocycles. The number of nitrogens with one attached hydrogen (secondary N) is 1. The maximum absolute atomic E-state index is 14.2.